The second-order valence-corrected chi connectivity index (χ2v) is 7.82. The molecule has 176 valence electrons. The van der Waals surface area contributed by atoms with Crippen LogP contribution in [0.2, 0.25) is 0 Å². The number of carbonyl (C=O) groups is 2. The Bertz CT molecular complexity index is 936. The van der Waals surface area contributed by atoms with E-state index in [2.05, 4.69) is 32.0 Å². The maximum Gasteiger partial charge on any atom is 0.293 e. The zero-order valence-corrected chi connectivity index (χ0v) is 19.8. The van der Waals surface area contributed by atoms with Crippen LogP contribution in [-0.2, 0) is 22.6 Å². The molecule has 0 saturated carbocycles. The third-order valence-electron chi connectivity index (χ3n) is 4.07. The molecule has 4 N–H and O–H groups in total. The Hall–Kier alpha value is -3.40. The monoisotopic (exact) mass is 445 g/mol. The van der Waals surface area contributed by atoms with Gasteiger partial charge in [0.25, 0.3) is 12.4 Å². The Labute approximate surface area is 189 Å². The van der Waals surface area contributed by atoms with E-state index < -0.39 is 0 Å². The molecule has 0 saturated heterocycles. The average Bonchev–Trinajstić information content (AvgIpc) is 3.24. The maximum absolute atomic E-state index is 12.6. The first-order valence-corrected chi connectivity index (χ1v) is 10.3. The number of imidazole rings is 1. The van der Waals surface area contributed by atoms with Crippen LogP contribution in [0.15, 0.2) is 24.8 Å². The molecule has 0 aliphatic heterocycles. The fourth-order valence-electron chi connectivity index (χ4n) is 2.57. The average molecular weight is 446 g/mol. The SMILES string of the molecule is C=Cc1nc(NC(=O)c2cc(C)nn2CC)n(C/C=C/CNC)c1N.CC(C)(C)OC=O. The first kappa shape index (κ1) is 26.6. The zero-order valence-electron chi connectivity index (χ0n) is 19.8. The number of nitrogens with zero attached hydrogens (tertiary/aromatic N) is 4. The Morgan fingerprint density at radius 2 is 2.03 bits per heavy atom. The lowest BCUT2D eigenvalue weighted by atomic mass is 10.2. The van der Waals surface area contributed by atoms with Crippen molar-refractivity contribution < 1.29 is 14.3 Å². The molecule has 0 aromatic carbocycles. The minimum absolute atomic E-state index is 0.275. The van der Waals surface area contributed by atoms with Gasteiger partial charge in [0.05, 0.1) is 5.69 Å². The van der Waals surface area contributed by atoms with Crippen molar-refractivity contribution in [3.8, 4) is 0 Å². The van der Waals surface area contributed by atoms with Crippen molar-refractivity contribution in [3.63, 3.8) is 0 Å². The lowest BCUT2D eigenvalue weighted by molar-refractivity contribution is -0.138. The quantitative estimate of drug-likeness (QED) is 0.400. The van der Waals surface area contributed by atoms with Crippen molar-refractivity contribution in [3.05, 3.63) is 41.9 Å². The van der Waals surface area contributed by atoms with Crippen molar-refractivity contribution >= 4 is 30.2 Å². The molecule has 0 bridgehead atoms. The van der Waals surface area contributed by atoms with Gasteiger partial charge >= 0.3 is 0 Å². The first-order valence-electron chi connectivity index (χ1n) is 10.3. The highest BCUT2D eigenvalue weighted by atomic mass is 16.5. The standard InChI is InChI=1S/C17H25N7O.C5H10O2/c1-5-13-15(18)23(10-8-7-9-19-4)17(20-13)21-16(25)14-11-12(3)22-24(14)6-2;1-5(2,3)7-4-6/h5,7-8,11,19H,1,6,9-10,18H2,2-4H3,(H,20,21,25);4H,1-3H3/b8-7+;. The number of hydrogen-bond acceptors (Lipinski definition) is 7. The molecule has 0 unspecified atom stereocenters. The van der Waals surface area contributed by atoms with Crippen LogP contribution in [-0.4, -0.2) is 50.9 Å². The lowest BCUT2D eigenvalue weighted by Gasteiger charge is -2.14. The summed E-state index contributed by atoms with van der Waals surface area (Å²) < 4.78 is 7.94. The predicted octanol–water partition coefficient (Wildman–Crippen LogP) is 2.62. The van der Waals surface area contributed by atoms with Crippen molar-refractivity contribution in [1.29, 1.82) is 0 Å². The van der Waals surface area contributed by atoms with Crippen molar-refractivity contribution in [2.75, 3.05) is 24.6 Å². The number of allylic oxidation sites excluding steroid dienone is 1. The van der Waals surface area contributed by atoms with Crippen LogP contribution < -0.4 is 16.4 Å². The van der Waals surface area contributed by atoms with Gasteiger partial charge in [0.2, 0.25) is 5.95 Å². The van der Waals surface area contributed by atoms with Gasteiger partial charge in [-0.15, -0.1) is 0 Å². The Kier molecular flexibility index (Phi) is 10.4. The van der Waals surface area contributed by atoms with Crippen LogP contribution in [0.3, 0.4) is 0 Å². The number of nitrogens with two attached hydrogens (primary N) is 1. The summed E-state index contributed by atoms with van der Waals surface area (Å²) in [6.07, 6.45) is 5.50. The second kappa shape index (κ2) is 12.5. The molecule has 1 amide bonds. The number of hydrogen-bond donors (Lipinski definition) is 3. The van der Waals surface area contributed by atoms with E-state index in [-0.39, 0.29) is 11.5 Å². The van der Waals surface area contributed by atoms with E-state index in [0.29, 0.717) is 42.7 Å². The van der Waals surface area contributed by atoms with E-state index in [9.17, 15) is 9.59 Å². The number of rotatable bonds is 9. The smallest absolute Gasteiger partial charge is 0.293 e. The number of aromatic nitrogens is 4. The number of aryl methyl sites for hydroxylation is 2. The van der Waals surface area contributed by atoms with Crippen molar-refractivity contribution in [1.82, 2.24) is 24.6 Å². The molecular formula is C22H35N7O3. The Morgan fingerprint density at radius 3 is 2.53 bits per heavy atom. The molecule has 2 aromatic rings. The van der Waals surface area contributed by atoms with Crippen LogP contribution >= 0.6 is 0 Å². The number of anilines is 2. The number of amides is 1. The summed E-state index contributed by atoms with van der Waals surface area (Å²) in [7, 11) is 1.87. The molecule has 32 heavy (non-hydrogen) atoms. The van der Waals surface area contributed by atoms with Crippen molar-refractivity contribution in [2.24, 2.45) is 0 Å². The largest absolute Gasteiger partial charge is 0.462 e. The molecule has 10 heteroatoms. The van der Waals surface area contributed by atoms with E-state index in [1.165, 1.54) is 0 Å². The molecule has 0 radical (unpaired) electrons. The van der Waals surface area contributed by atoms with E-state index >= 15 is 0 Å². The third-order valence-corrected chi connectivity index (χ3v) is 4.07. The summed E-state index contributed by atoms with van der Waals surface area (Å²) in [4.78, 5) is 26.6. The highest BCUT2D eigenvalue weighted by Crippen LogP contribution is 2.20. The second-order valence-electron chi connectivity index (χ2n) is 7.82. The van der Waals surface area contributed by atoms with Crippen LogP contribution in [0.5, 0.6) is 0 Å². The summed E-state index contributed by atoms with van der Waals surface area (Å²) in [6.45, 7) is 15.3. The van der Waals surface area contributed by atoms with Gasteiger partial charge in [-0.2, -0.15) is 5.10 Å². The number of nitrogen functional groups attached to an aromatic ring is 1. The van der Waals surface area contributed by atoms with Gasteiger partial charge in [-0.25, -0.2) is 4.98 Å². The molecule has 2 rings (SSSR count). The van der Waals surface area contributed by atoms with Gasteiger partial charge in [-0.3, -0.25) is 24.2 Å². The number of likely N-dealkylation sites (N-methyl/N-ethyl adjacent to an activating group) is 1. The number of carbonyl (C=O) groups excluding carboxylic acids is 2. The normalized spacial score (nSPS) is 11.1. The molecule has 2 aromatic heterocycles. The van der Waals surface area contributed by atoms with Gasteiger partial charge in [0, 0.05) is 19.6 Å². The molecular weight excluding hydrogens is 410 g/mol. The minimum Gasteiger partial charge on any atom is -0.462 e. The van der Waals surface area contributed by atoms with E-state index in [1.54, 1.807) is 21.4 Å². The molecule has 0 spiro atoms. The fraction of sp³-hybridized carbons (Fsp3) is 0.455. The maximum atomic E-state index is 12.6. The summed E-state index contributed by atoms with van der Waals surface area (Å²) in [5, 5.41) is 10.1. The highest BCUT2D eigenvalue weighted by molar-refractivity contribution is 6.02. The molecule has 0 fully saturated rings. The number of nitrogens with one attached hydrogen (secondary N) is 2. The molecule has 0 aliphatic carbocycles. The molecule has 2 heterocycles. The van der Waals surface area contributed by atoms with Crippen LogP contribution in [0, 0.1) is 6.92 Å². The minimum atomic E-state index is -0.318. The third kappa shape index (κ3) is 8.03. The van der Waals surface area contributed by atoms with Gasteiger partial charge in [0.15, 0.2) is 0 Å². The highest BCUT2D eigenvalue weighted by Gasteiger charge is 2.18. The van der Waals surface area contributed by atoms with Gasteiger partial charge in [-0.05, 0) is 53.8 Å². The molecule has 10 nitrogen and oxygen atoms in total. The van der Waals surface area contributed by atoms with Crippen LogP contribution in [0.4, 0.5) is 11.8 Å². The topological polar surface area (TPSA) is 129 Å². The summed E-state index contributed by atoms with van der Waals surface area (Å²) >= 11 is 0. The number of ether oxygens (including phenoxy) is 1. The van der Waals surface area contributed by atoms with Crippen molar-refractivity contribution in [2.45, 2.75) is 53.3 Å². The van der Waals surface area contributed by atoms with E-state index in [0.717, 1.165) is 12.2 Å². The van der Waals surface area contributed by atoms with Gasteiger partial charge < -0.3 is 15.8 Å². The predicted molar refractivity (Wildman–Crippen MR) is 127 cm³/mol. The van der Waals surface area contributed by atoms with Gasteiger partial charge in [-0.1, -0.05) is 18.7 Å². The lowest BCUT2D eigenvalue weighted by Crippen LogP contribution is -2.20. The van der Waals surface area contributed by atoms with E-state index in [1.807, 2.05) is 53.8 Å². The summed E-state index contributed by atoms with van der Waals surface area (Å²) in [6, 6.07) is 1.75. The Balaban J connectivity index is 0.000000633. The Morgan fingerprint density at radius 1 is 1.34 bits per heavy atom. The first-order chi connectivity index (χ1) is 15.1. The molecule has 0 atom stereocenters. The van der Waals surface area contributed by atoms with Gasteiger partial charge in [0.1, 0.15) is 22.8 Å². The van der Waals surface area contributed by atoms with E-state index in [4.69, 9.17) is 5.73 Å². The van der Waals surface area contributed by atoms with Crippen LogP contribution in [0.1, 0.15) is 49.6 Å². The summed E-state index contributed by atoms with van der Waals surface area (Å²) in [5.41, 5.74) is 7.61. The molecule has 0 aliphatic rings. The van der Waals surface area contributed by atoms with Crippen LogP contribution in [0.25, 0.3) is 6.08 Å². The fourth-order valence-corrected chi connectivity index (χ4v) is 2.57. The zero-order chi connectivity index (χ0) is 24.3. The summed E-state index contributed by atoms with van der Waals surface area (Å²) in [5.74, 6) is 0.566.